The second-order valence-electron chi connectivity index (χ2n) is 4.58. The molecule has 1 rings (SSSR count). The lowest BCUT2D eigenvalue weighted by molar-refractivity contribution is -0.154. The Bertz CT molecular complexity index is 627. The van der Waals surface area contributed by atoms with Gasteiger partial charge in [-0.15, -0.1) is 0 Å². The number of benzene rings is 1. The molecule has 0 fully saturated rings. The molecule has 0 N–H and O–H groups in total. The molecule has 0 amide bonds. The minimum absolute atomic E-state index is 0.0586. The molecule has 0 aliphatic rings. The van der Waals surface area contributed by atoms with Gasteiger partial charge in [0, 0.05) is 6.21 Å². The lowest BCUT2D eigenvalue weighted by atomic mass is 10.1. The van der Waals surface area contributed by atoms with Crippen LogP contribution in [0.4, 0.5) is 5.69 Å². The number of nitrogens with zero attached hydrogens (tertiary/aromatic N) is 1. The molecule has 0 unspecified atom stereocenters. The highest BCUT2D eigenvalue weighted by Crippen LogP contribution is 2.29. The van der Waals surface area contributed by atoms with Crippen LogP contribution in [-0.2, 0) is 23.8 Å². The van der Waals surface area contributed by atoms with Crippen molar-refractivity contribution in [2.24, 2.45) is 10.9 Å². The normalized spacial score (nSPS) is 10.7. The summed E-state index contributed by atoms with van der Waals surface area (Å²) in [5, 5.41) is 0.0586. The van der Waals surface area contributed by atoms with Crippen LogP contribution in [0.1, 0.15) is 23.7 Å². The van der Waals surface area contributed by atoms with E-state index >= 15 is 0 Å². The second kappa shape index (κ2) is 9.67. The highest BCUT2D eigenvalue weighted by molar-refractivity contribution is 6.36. The molecule has 0 aromatic heterocycles. The molecule has 1 aromatic carbocycles. The molecule has 0 saturated carbocycles. The number of hydrogen-bond donors (Lipinski definition) is 0. The van der Waals surface area contributed by atoms with Crippen LogP contribution in [0.15, 0.2) is 23.2 Å². The minimum atomic E-state index is -1.33. The average molecular weight is 356 g/mol. The molecule has 0 bridgehead atoms. The first-order chi connectivity index (χ1) is 11.5. The van der Waals surface area contributed by atoms with Gasteiger partial charge in [-0.25, -0.2) is 4.79 Å². The number of esters is 3. The van der Waals surface area contributed by atoms with Crippen LogP contribution in [0.5, 0.6) is 0 Å². The molecule has 0 saturated heterocycles. The Labute approximate surface area is 144 Å². The molecule has 8 heteroatoms. The van der Waals surface area contributed by atoms with Gasteiger partial charge >= 0.3 is 17.9 Å². The largest absolute Gasteiger partial charge is 0.468 e. The maximum Gasteiger partial charge on any atom is 0.339 e. The quantitative estimate of drug-likeness (QED) is 0.323. The van der Waals surface area contributed by atoms with Crippen molar-refractivity contribution < 1.29 is 28.6 Å². The van der Waals surface area contributed by atoms with E-state index in [2.05, 4.69) is 14.5 Å². The first-order valence-corrected chi connectivity index (χ1v) is 7.49. The third kappa shape index (κ3) is 5.06. The number of hydrogen-bond acceptors (Lipinski definition) is 7. The smallest absolute Gasteiger partial charge is 0.339 e. The van der Waals surface area contributed by atoms with Gasteiger partial charge in [-0.05, 0) is 18.6 Å². The molecular formula is C16H18ClNO6. The van der Waals surface area contributed by atoms with Crippen molar-refractivity contribution in [3.63, 3.8) is 0 Å². The van der Waals surface area contributed by atoms with Crippen LogP contribution in [0.2, 0.25) is 5.02 Å². The second-order valence-corrected chi connectivity index (χ2v) is 4.95. The molecule has 0 atom stereocenters. The third-order valence-electron chi connectivity index (χ3n) is 2.91. The fourth-order valence-corrected chi connectivity index (χ4v) is 1.93. The lowest BCUT2D eigenvalue weighted by Crippen LogP contribution is -2.27. The van der Waals surface area contributed by atoms with E-state index in [1.165, 1.54) is 12.1 Å². The molecule has 0 spiro atoms. The lowest BCUT2D eigenvalue weighted by Gasteiger charge is -2.09. The van der Waals surface area contributed by atoms with Crippen LogP contribution in [-0.4, -0.2) is 44.9 Å². The van der Waals surface area contributed by atoms with Crippen molar-refractivity contribution in [1.82, 2.24) is 0 Å². The number of rotatable bonds is 7. The van der Waals surface area contributed by atoms with Gasteiger partial charge in [0.2, 0.25) is 0 Å². The van der Waals surface area contributed by atoms with E-state index in [-0.39, 0.29) is 22.9 Å². The first kappa shape index (κ1) is 19.6. The first-order valence-electron chi connectivity index (χ1n) is 7.11. The molecule has 0 aliphatic heterocycles. The number of ether oxygens (including phenoxy) is 3. The topological polar surface area (TPSA) is 91.3 Å². The van der Waals surface area contributed by atoms with Gasteiger partial charge in [-0.1, -0.05) is 24.6 Å². The van der Waals surface area contributed by atoms with Crippen molar-refractivity contribution in [2.45, 2.75) is 13.3 Å². The van der Waals surface area contributed by atoms with Crippen LogP contribution in [0.3, 0.4) is 0 Å². The molecule has 130 valence electrons. The Hall–Kier alpha value is -2.41. The van der Waals surface area contributed by atoms with Crippen LogP contribution < -0.4 is 0 Å². The van der Waals surface area contributed by atoms with Crippen LogP contribution >= 0.6 is 11.6 Å². The SMILES string of the molecule is CCCOC(=O)c1cccc(N=CC(C(=O)OC)C(=O)OC)c1Cl. The fourth-order valence-electron chi connectivity index (χ4n) is 1.68. The molecule has 24 heavy (non-hydrogen) atoms. The van der Waals surface area contributed by atoms with Crippen molar-refractivity contribution in [1.29, 1.82) is 0 Å². The summed E-state index contributed by atoms with van der Waals surface area (Å²) in [4.78, 5) is 39.1. The Kier molecular flexibility index (Phi) is 7.91. The predicted octanol–water partition coefficient (Wildman–Crippen LogP) is 2.57. The summed E-state index contributed by atoms with van der Waals surface area (Å²) in [6.07, 6.45) is 1.74. The van der Waals surface area contributed by atoms with Crippen LogP contribution in [0, 0.1) is 5.92 Å². The number of methoxy groups -OCH3 is 2. The van der Waals surface area contributed by atoms with Crippen LogP contribution in [0.25, 0.3) is 0 Å². The predicted molar refractivity (Wildman–Crippen MR) is 87.7 cm³/mol. The summed E-state index contributed by atoms with van der Waals surface area (Å²) >= 11 is 6.15. The zero-order chi connectivity index (χ0) is 18.1. The molecule has 0 aliphatic carbocycles. The molecule has 0 heterocycles. The number of halogens is 1. The summed E-state index contributed by atoms with van der Waals surface area (Å²) in [6, 6.07) is 4.59. The van der Waals surface area contributed by atoms with Gasteiger partial charge in [-0.2, -0.15) is 0 Å². The highest BCUT2D eigenvalue weighted by atomic mass is 35.5. The van der Waals surface area contributed by atoms with E-state index in [9.17, 15) is 14.4 Å². The Morgan fingerprint density at radius 3 is 2.38 bits per heavy atom. The van der Waals surface area contributed by atoms with E-state index in [0.29, 0.717) is 6.42 Å². The number of carbonyl (C=O) groups is 3. The van der Waals surface area contributed by atoms with Gasteiger partial charge in [0.15, 0.2) is 5.92 Å². The van der Waals surface area contributed by atoms with Gasteiger partial charge < -0.3 is 14.2 Å². The van der Waals surface area contributed by atoms with Gasteiger partial charge in [0.05, 0.1) is 37.1 Å². The Balaban J connectivity index is 3.07. The minimum Gasteiger partial charge on any atom is -0.468 e. The van der Waals surface area contributed by atoms with Gasteiger partial charge in [0.25, 0.3) is 0 Å². The number of aliphatic imine (C=N–C) groups is 1. The number of carbonyl (C=O) groups excluding carboxylic acids is 3. The third-order valence-corrected chi connectivity index (χ3v) is 3.31. The van der Waals surface area contributed by atoms with E-state index in [1.54, 1.807) is 6.07 Å². The summed E-state index contributed by atoms with van der Waals surface area (Å²) in [6.45, 7) is 2.14. The van der Waals surface area contributed by atoms with Crippen molar-refractivity contribution in [3.8, 4) is 0 Å². The average Bonchev–Trinajstić information content (AvgIpc) is 2.60. The molecule has 0 radical (unpaired) electrons. The maximum absolute atomic E-state index is 11.9. The maximum atomic E-state index is 11.9. The highest BCUT2D eigenvalue weighted by Gasteiger charge is 2.27. The molecular weight excluding hydrogens is 338 g/mol. The Morgan fingerprint density at radius 1 is 1.21 bits per heavy atom. The summed E-state index contributed by atoms with van der Waals surface area (Å²) in [5.74, 6) is -3.54. The van der Waals surface area contributed by atoms with Crippen molar-refractivity contribution in [3.05, 3.63) is 28.8 Å². The van der Waals surface area contributed by atoms with E-state index in [4.69, 9.17) is 16.3 Å². The zero-order valence-corrected chi connectivity index (χ0v) is 14.3. The van der Waals surface area contributed by atoms with Crippen molar-refractivity contribution in [2.75, 3.05) is 20.8 Å². The standard InChI is InChI=1S/C16H18ClNO6/c1-4-8-24-16(21)10-6-5-7-12(13(10)17)18-9-11(14(19)22-2)15(20)23-3/h5-7,9,11H,4,8H2,1-3H3. The molecule has 7 nitrogen and oxygen atoms in total. The fraction of sp³-hybridized carbons (Fsp3) is 0.375. The van der Waals surface area contributed by atoms with Gasteiger partial charge in [-0.3, -0.25) is 14.6 Å². The van der Waals surface area contributed by atoms with Gasteiger partial charge in [0.1, 0.15) is 0 Å². The van der Waals surface area contributed by atoms with E-state index in [0.717, 1.165) is 20.4 Å². The van der Waals surface area contributed by atoms with E-state index < -0.39 is 23.8 Å². The summed E-state index contributed by atoms with van der Waals surface area (Å²) in [5.41, 5.74) is 0.355. The van der Waals surface area contributed by atoms with E-state index in [1.807, 2.05) is 6.92 Å². The Morgan fingerprint density at radius 2 is 1.83 bits per heavy atom. The molecule has 1 aromatic rings. The van der Waals surface area contributed by atoms with Crippen molar-refractivity contribution >= 4 is 41.4 Å². The monoisotopic (exact) mass is 355 g/mol. The summed E-state index contributed by atoms with van der Waals surface area (Å²) in [7, 11) is 2.28. The summed E-state index contributed by atoms with van der Waals surface area (Å²) < 4.78 is 14.1. The zero-order valence-electron chi connectivity index (χ0n) is 13.6.